The normalized spacial score (nSPS) is 20.6. The molecule has 0 bridgehead atoms. The minimum Gasteiger partial charge on any atom is -0.356 e. The Morgan fingerprint density at radius 2 is 2.33 bits per heavy atom. The van der Waals surface area contributed by atoms with Gasteiger partial charge in [-0.05, 0) is 30.7 Å². The van der Waals surface area contributed by atoms with Crippen LogP contribution in [-0.4, -0.2) is 34.6 Å². The van der Waals surface area contributed by atoms with Gasteiger partial charge < -0.3 is 4.90 Å². The van der Waals surface area contributed by atoms with Crippen molar-refractivity contribution in [1.29, 1.82) is 0 Å². The van der Waals surface area contributed by atoms with Crippen molar-refractivity contribution < 1.29 is 0 Å². The van der Waals surface area contributed by atoms with Crippen molar-refractivity contribution in [2.75, 3.05) is 23.5 Å². The molecule has 0 saturated carbocycles. The fourth-order valence-electron chi connectivity index (χ4n) is 1.71. The predicted octanol–water partition coefficient (Wildman–Crippen LogP) is 2.38. The van der Waals surface area contributed by atoms with E-state index in [-0.39, 0.29) is 0 Å². The predicted molar refractivity (Wildman–Crippen MR) is 65.9 cm³/mol. The molecule has 1 aromatic rings. The molecule has 2 heterocycles. The molecule has 15 heavy (non-hydrogen) atoms. The van der Waals surface area contributed by atoms with Crippen LogP contribution in [0.25, 0.3) is 0 Å². The van der Waals surface area contributed by atoms with Crippen LogP contribution in [0.15, 0.2) is 6.07 Å². The molecule has 1 aliphatic rings. The molecule has 2 rings (SSSR count). The van der Waals surface area contributed by atoms with E-state index in [0.717, 1.165) is 11.5 Å². The van der Waals surface area contributed by atoms with Crippen molar-refractivity contribution >= 4 is 29.2 Å². The molecule has 82 valence electrons. The molecule has 5 heteroatoms. The first kappa shape index (κ1) is 11.0. The summed E-state index contributed by atoms with van der Waals surface area (Å²) < 4.78 is 0. The van der Waals surface area contributed by atoms with Crippen LogP contribution in [0.3, 0.4) is 0 Å². The third kappa shape index (κ3) is 2.55. The fourth-order valence-corrected chi connectivity index (χ4v) is 3.20. The zero-order valence-corrected chi connectivity index (χ0v) is 10.5. The van der Waals surface area contributed by atoms with Crippen molar-refractivity contribution in [2.45, 2.75) is 19.4 Å². The van der Waals surface area contributed by atoms with Gasteiger partial charge in [0.25, 0.3) is 0 Å². The lowest BCUT2D eigenvalue weighted by molar-refractivity contribution is 0.690. The SMILES string of the molecule is Cc1cc(N(C)C2CCSC2)nc(Cl)n1. The summed E-state index contributed by atoms with van der Waals surface area (Å²) >= 11 is 7.84. The summed E-state index contributed by atoms with van der Waals surface area (Å²) in [4.78, 5) is 10.5. The second-order valence-corrected chi connectivity index (χ2v) is 5.25. The van der Waals surface area contributed by atoms with E-state index in [2.05, 4.69) is 21.9 Å². The monoisotopic (exact) mass is 243 g/mol. The summed E-state index contributed by atoms with van der Waals surface area (Å²) in [5, 5.41) is 0.336. The van der Waals surface area contributed by atoms with Gasteiger partial charge in [0.1, 0.15) is 5.82 Å². The smallest absolute Gasteiger partial charge is 0.224 e. The number of thioether (sulfide) groups is 1. The van der Waals surface area contributed by atoms with Crippen LogP contribution < -0.4 is 4.90 Å². The van der Waals surface area contributed by atoms with Crippen LogP contribution in [0.4, 0.5) is 5.82 Å². The van der Waals surface area contributed by atoms with Gasteiger partial charge in [0.15, 0.2) is 0 Å². The molecule has 0 aromatic carbocycles. The van der Waals surface area contributed by atoms with E-state index in [4.69, 9.17) is 11.6 Å². The Bertz CT molecular complexity index is 332. The summed E-state index contributed by atoms with van der Waals surface area (Å²) in [6.07, 6.45) is 1.22. The van der Waals surface area contributed by atoms with Crippen molar-refractivity contribution in [1.82, 2.24) is 9.97 Å². The molecule has 0 radical (unpaired) electrons. The van der Waals surface area contributed by atoms with Gasteiger partial charge in [0.2, 0.25) is 5.28 Å². The quantitative estimate of drug-likeness (QED) is 0.746. The summed E-state index contributed by atoms with van der Waals surface area (Å²) in [5.41, 5.74) is 0.919. The van der Waals surface area contributed by atoms with Crippen molar-refractivity contribution in [3.05, 3.63) is 17.0 Å². The standard InChI is InChI=1S/C10H14ClN3S/c1-7-5-9(13-10(11)12-7)14(2)8-3-4-15-6-8/h5,8H,3-4,6H2,1-2H3. The highest BCUT2D eigenvalue weighted by Crippen LogP contribution is 2.25. The average molecular weight is 244 g/mol. The Hall–Kier alpha value is -0.480. The third-order valence-corrected chi connectivity index (χ3v) is 3.94. The number of anilines is 1. The van der Waals surface area contributed by atoms with Gasteiger partial charge in [-0.1, -0.05) is 0 Å². The van der Waals surface area contributed by atoms with E-state index in [1.807, 2.05) is 24.8 Å². The molecule has 1 unspecified atom stereocenters. The Morgan fingerprint density at radius 3 is 2.93 bits per heavy atom. The molecule has 1 saturated heterocycles. The summed E-state index contributed by atoms with van der Waals surface area (Å²) in [5.74, 6) is 3.35. The van der Waals surface area contributed by atoms with Crippen molar-refractivity contribution in [3.8, 4) is 0 Å². The first-order valence-electron chi connectivity index (χ1n) is 4.98. The Morgan fingerprint density at radius 1 is 1.53 bits per heavy atom. The highest BCUT2D eigenvalue weighted by molar-refractivity contribution is 7.99. The number of rotatable bonds is 2. The van der Waals surface area contributed by atoms with Crippen LogP contribution in [0.1, 0.15) is 12.1 Å². The van der Waals surface area contributed by atoms with Crippen LogP contribution in [0.2, 0.25) is 5.28 Å². The number of nitrogens with zero attached hydrogens (tertiary/aromatic N) is 3. The lowest BCUT2D eigenvalue weighted by Crippen LogP contribution is -2.32. The maximum Gasteiger partial charge on any atom is 0.224 e. The van der Waals surface area contributed by atoms with E-state index >= 15 is 0 Å². The van der Waals surface area contributed by atoms with Crippen LogP contribution in [0.5, 0.6) is 0 Å². The Kier molecular flexibility index (Phi) is 3.36. The van der Waals surface area contributed by atoms with E-state index in [1.165, 1.54) is 17.9 Å². The molecule has 0 aliphatic carbocycles. The molecule has 1 aromatic heterocycles. The number of aromatic nitrogens is 2. The first-order valence-corrected chi connectivity index (χ1v) is 6.52. The van der Waals surface area contributed by atoms with Crippen LogP contribution in [-0.2, 0) is 0 Å². The van der Waals surface area contributed by atoms with Gasteiger partial charge in [0.05, 0.1) is 0 Å². The minimum atomic E-state index is 0.336. The summed E-state index contributed by atoms with van der Waals surface area (Å²) in [6.45, 7) is 1.94. The van der Waals surface area contributed by atoms with E-state index < -0.39 is 0 Å². The Balaban J connectivity index is 2.20. The Labute approximate surface area is 99.2 Å². The molecule has 1 fully saturated rings. The lowest BCUT2D eigenvalue weighted by Gasteiger charge is -2.24. The highest BCUT2D eigenvalue weighted by atomic mass is 35.5. The highest BCUT2D eigenvalue weighted by Gasteiger charge is 2.21. The van der Waals surface area contributed by atoms with Gasteiger partial charge >= 0.3 is 0 Å². The van der Waals surface area contributed by atoms with Crippen LogP contribution >= 0.6 is 23.4 Å². The average Bonchev–Trinajstić information content (AvgIpc) is 2.67. The zero-order valence-electron chi connectivity index (χ0n) is 8.90. The molecule has 0 spiro atoms. The van der Waals surface area contributed by atoms with Gasteiger partial charge in [-0.2, -0.15) is 11.8 Å². The maximum absolute atomic E-state index is 5.85. The van der Waals surface area contributed by atoms with E-state index in [0.29, 0.717) is 11.3 Å². The van der Waals surface area contributed by atoms with Gasteiger partial charge in [0, 0.05) is 30.6 Å². The molecular weight excluding hydrogens is 230 g/mol. The summed E-state index contributed by atoms with van der Waals surface area (Å²) in [7, 11) is 2.08. The van der Waals surface area contributed by atoms with Crippen molar-refractivity contribution in [3.63, 3.8) is 0 Å². The number of halogens is 1. The molecule has 1 atom stereocenters. The van der Waals surface area contributed by atoms with Gasteiger partial charge in [-0.25, -0.2) is 9.97 Å². The molecular formula is C10H14ClN3S. The zero-order chi connectivity index (χ0) is 10.8. The fraction of sp³-hybridized carbons (Fsp3) is 0.600. The summed E-state index contributed by atoms with van der Waals surface area (Å²) in [6, 6.07) is 2.56. The van der Waals surface area contributed by atoms with Gasteiger partial charge in [-0.3, -0.25) is 0 Å². The largest absolute Gasteiger partial charge is 0.356 e. The third-order valence-electron chi connectivity index (χ3n) is 2.63. The number of hydrogen-bond acceptors (Lipinski definition) is 4. The molecule has 0 amide bonds. The van der Waals surface area contributed by atoms with E-state index in [1.54, 1.807) is 0 Å². The second kappa shape index (κ2) is 4.58. The first-order chi connectivity index (χ1) is 7.16. The molecule has 1 aliphatic heterocycles. The molecule has 0 N–H and O–H groups in total. The lowest BCUT2D eigenvalue weighted by atomic mass is 10.2. The second-order valence-electron chi connectivity index (χ2n) is 3.76. The topological polar surface area (TPSA) is 29.0 Å². The van der Waals surface area contributed by atoms with Crippen molar-refractivity contribution in [2.24, 2.45) is 0 Å². The van der Waals surface area contributed by atoms with Gasteiger partial charge in [-0.15, -0.1) is 0 Å². The number of hydrogen-bond donors (Lipinski definition) is 0. The van der Waals surface area contributed by atoms with Crippen LogP contribution in [0, 0.1) is 6.92 Å². The minimum absolute atomic E-state index is 0.336. The maximum atomic E-state index is 5.85. The number of aryl methyl sites for hydroxylation is 1. The van der Waals surface area contributed by atoms with E-state index in [9.17, 15) is 0 Å². The molecule has 3 nitrogen and oxygen atoms in total.